The zero-order valence-electron chi connectivity index (χ0n) is 14.0. The van der Waals surface area contributed by atoms with Crippen molar-refractivity contribution in [1.29, 1.82) is 0 Å². The van der Waals surface area contributed by atoms with Crippen molar-refractivity contribution < 1.29 is 0 Å². The summed E-state index contributed by atoms with van der Waals surface area (Å²) < 4.78 is 0. The van der Waals surface area contributed by atoms with Crippen molar-refractivity contribution in [3.05, 3.63) is 62.1 Å². The van der Waals surface area contributed by atoms with Crippen LogP contribution in [0.5, 0.6) is 0 Å². The predicted octanol–water partition coefficient (Wildman–Crippen LogP) is 6.17. The first-order valence-electron chi connectivity index (χ1n) is 7.47. The maximum Gasteiger partial charge on any atom is 0.223 e. The molecule has 0 aliphatic carbocycles. The Morgan fingerprint density at radius 3 is 2.14 bits per heavy atom. The molecule has 0 fully saturated rings. The number of anilines is 4. The number of hydrogen-bond acceptors (Lipinski definition) is 6. The van der Waals surface area contributed by atoms with Crippen molar-refractivity contribution in [1.82, 2.24) is 9.97 Å². The third-order valence-electron chi connectivity index (χ3n) is 3.42. The number of rotatable bonds is 4. The second kappa shape index (κ2) is 9.49. The minimum atomic E-state index is 0. The topological polar surface area (TPSA) is 102 Å². The molecule has 0 unspecified atom stereocenters. The van der Waals surface area contributed by atoms with Crippen LogP contribution in [0, 0.1) is 0 Å². The molecule has 0 saturated carbocycles. The van der Waals surface area contributed by atoms with Crippen LogP contribution in [0.2, 0.25) is 20.1 Å². The van der Waals surface area contributed by atoms with Gasteiger partial charge in [-0.15, -0.1) is 12.4 Å². The predicted molar refractivity (Wildman–Crippen MR) is 122 cm³/mol. The number of halogens is 5. The standard InChI is InChI=1S/C17H12Cl4N6.ClH/c18-11-3-1-8(5-13(11)20)24-7-10-15(22)26-17(23)27-16(10)25-9-2-4-12(19)14(21)6-9;/h1-7H,(H5,22,23,25,26,27);1H. The maximum atomic E-state index is 6.05. The van der Waals surface area contributed by atoms with E-state index in [1.807, 2.05) is 0 Å². The molecule has 0 atom stereocenters. The van der Waals surface area contributed by atoms with E-state index in [1.165, 1.54) is 6.21 Å². The minimum Gasteiger partial charge on any atom is -0.383 e. The van der Waals surface area contributed by atoms with Gasteiger partial charge in [-0.1, -0.05) is 46.4 Å². The van der Waals surface area contributed by atoms with Crippen LogP contribution in [-0.4, -0.2) is 16.2 Å². The second-order valence-electron chi connectivity index (χ2n) is 5.34. The van der Waals surface area contributed by atoms with E-state index in [1.54, 1.807) is 36.4 Å². The summed E-state index contributed by atoms with van der Waals surface area (Å²) in [4.78, 5) is 12.5. The van der Waals surface area contributed by atoms with Crippen LogP contribution in [0.15, 0.2) is 41.4 Å². The largest absolute Gasteiger partial charge is 0.383 e. The molecule has 1 heterocycles. The molecule has 0 saturated heterocycles. The lowest BCUT2D eigenvalue weighted by Crippen LogP contribution is -2.08. The van der Waals surface area contributed by atoms with E-state index >= 15 is 0 Å². The van der Waals surface area contributed by atoms with E-state index in [0.29, 0.717) is 42.8 Å². The van der Waals surface area contributed by atoms with Crippen LogP contribution in [0.25, 0.3) is 0 Å². The highest BCUT2D eigenvalue weighted by molar-refractivity contribution is 6.42. The minimum absolute atomic E-state index is 0. The number of nitrogen functional groups attached to an aromatic ring is 2. The summed E-state index contributed by atoms with van der Waals surface area (Å²) in [5, 5.41) is 4.74. The highest BCUT2D eigenvalue weighted by Crippen LogP contribution is 2.29. The van der Waals surface area contributed by atoms with Gasteiger partial charge in [0.25, 0.3) is 0 Å². The van der Waals surface area contributed by atoms with Crippen molar-refractivity contribution in [3.8, 4) is 0 Å². The van der Waals surface area contributed by atoms with Gasteiger partial charge in [0.05, 0.1) is 31.3 Å². The van der Waals surface area contributed by atoms with Gasteiger partial charge < -0.3 is 16.8 Å². The molecule has 3 rings (SSSR count). The molecule has 0 bridgehead atoms. The Balaban J connectivity index is 0.00000280. The lowest BCUT2D eigenvalue weighted by atomic mass is 10.2. The van der Waals surface area contributed by atoms with Crippen molar-refractivity contribution in [3.63, 3.8) is 0 Å². The molecular formula is C17H13Cl5N6. The highest BCUT2D eigenvalue weighted by Gasteiger charge is 2.11. The summed E-state index contributed by atoms with van der Waals surface area (Å²) in [6.45, 7) is 0. The second-order valence-corrected chi connectivity index (χ2v) is 6.97. The summed E-state index contributed by atoms with van der Waals surface area (Å²) in [6.07, 6.45) is 1.51. The number of aromatic nitrogens is 2. The average Bonchev–Trinajstić information content (AvgIpc) is 2.60. The van der Waals surface area contributed by atoms with E-state index in [0.717, 1.165) is 0 Å². The number of nitrogens with one attached hydrogen (secondary N) is 1. The first kappa shape index (κ1) is 22.3. The van der Waals surface area contributed by atoms with Gasteiger partial charge in [-0.25, -0.2) is 0 Å². The Kier molecular flexibility index (Phi) is 7.57. The number of nitrogens with zero attached hydrogens (tertiary/aromatic N) is 3. The van der Waals surface area contributed by atoms with Crippen LogP contribution < -0.4 is 16.8 Å². The zero-order valence-corrected chi connectivity index (χ0v) is 17.8. The van der Waals surface area contributed by atoms with E-state index in [-0.39, 0.29) is 24.2 Å². The molecule has 0 radical (unpaired) electrons. The quantitative estimate of drug-likeness (QED) is 0.389. The van der Waals surface area contributed by atoms with Crippen molar-refractivity contribution in [2.24, 2.45) is 4.99 Å². The fourth-order valence-corrected chi connectivity index (χ4v) is 2.73. The Morgan fingerprint density at radius 2 is 1.50 bits per heavy atom. The highest BCUT2D eigenvalue weighted by atomic mass is 35.5. The van der Waals surface area contributed by atoms with Gasteiger partial charge in [0.15, 0.2) is 0 Å². The van der Waals surface area contributed by atoms with Gasteiger partial charge in [-0.3, -0.25) is 4.99 Å². The third kappa shape index (κ3) is 5.31. The van der Waals surface area contributed by atoms with Gasteiger partial charge in [-0.05, 0) is 36.4 Å². The molecule has 0 spiro atoms. The smallest absolute Gasteiger partial charge is 0.223 e. The monoisotopic (exact) mass is 476 g/mol. The molecular weight excluding hydrogens is 465 g/mol. The van der Waals surface area contributed by atoms with Gasteiger partial charge >= 0.3 is 0 Å². The Hall–Kier alpha value is -1.96. The molecule has 5 N–H and O–H groups in total. The Bertz CT molecular complexity index is 1040. The van der Waals surface area contributed by atoms with E-state index in [4.69, 9.17) is 57.9 Å². The van der Waals surface area contributed by atoms with Gasteiger partial charge in [0.2, 0.25) is 5.95 Å². The van der Waals surface area contributed by atoms with Crippen LogP contribution >= 0.6 is 58.8 Å². The van der Waals surface area contributed by atoms with Gasteiger partial charge in [-0.2, -0.15) is 9.97 Å². The van der Waals surface area contributed by atoms with Crippen molar-refractivity contribution in [2.45, 2.75) is 0 Å². The summed E-state index contributed by atoms with van der Waals surface area (Å²) in [5.41, 5.74) is 13.4. The number of nitrogens with two attached hydrogens (primary N) is 2. The first-order chi connectivity index (χ1) is 12.8. The molecule has 0 aliphatic heterocycles. The fraction of sp³-hybridized carbons (Fsp3) is 0. The molecule has 11 heteroatoms. The first-order valence-corrected chi connectivity index (χ1v) is 8.99. The Labute approximate surface area is 187 Å². The summed E-state index contributed by atoms with van der Waals surface area (Å²) in [5.74, 6) is 0.540. The van der Waals surface area contributed by atoms with Crippen LogP contribution in [-0.2, 0) is 0 Å². The fourth-order valence-electron chi connectivity index (χ4n) is 2.14. The van der Waals surface area contributed by atoms with E-state index in [2.05, 4.69) is 20.3 Å². The molecule has 146 valence electrons. The number of benzene rings is 2. The molecule has 1 aromatic heterocycles. The summed E-state index contributed by atoms with van der Waals surface area (Å²) in [7, 11) is 0. The molecule has 0 aliphatic rings. The molecule has 0 amide bonds. The third-order valence-corrected chi connectivity index (χ3v) is 4.90. The van der Waals surface area contributed by atoms with Gasteiger partial charge in [0.1, 0.15) is 11.6 Å². The molecule has 2 aromatic carbocycles. The molecule has 28 heavy (non-hydrogen) atoms. The van der Waals surface area contributed by atoms with E-state index < -0.39 is 0 Å². The normalized spacial score (nSPS) is 10.7. The Morgan fingerprint density at radius 1 is 0.857 bits per heavy atom. The zero-order chi connectivity index (χ0) is 19.6. The molecule has 6 nitrogen and oxygen atoms in total. The lowest BCUT2D eigenvalue weighted by Gasteiger charge is -2.11. The summed E-state index contributed by atoms with van der Waals surface area (Å²) >= 11 is 23.9. The SMILES string of the molecule is Cl.Nc1nc(N)c(C=Nc2ccc(Cl)c(Cl)c2)c(Nc2ccc(Cl)c(Cl)c2)n1. The number of aliphatic imine (C=N–C) groups is 1. The van der Waals surface area contributed by atoms with Crippen molar-refractivity contribution in [2.75, 3.05) is 16.8 Å². The van der Waals surface area contributed by atoms with E-state index in [9.17, 15) is 0 Å². The summed E-state index contributed by atoms with van der Waals surface area (Å²) in [6, 6.07) is 10.0. The van der Waals surface area contributed by atoms with Crippen LogP contribution in [0.3, 0.4) is 0 Å². The maximum absolute atomic E-state index is 6.05. The van der Waals surface area contributed by atoms with Crippen molar-refractivity contribution >= 4 is 94.0 Å². The number of hydrogen-bond donors (Lipinski definition) is 3. The molecule has 3 aromatic rings. The van der Waals surface area contributed by atoms with Gasteiger partial charge in [0, 0.05) is 11.9 Å². The lowest BCUT2D eigenvalue weighted by molar-refractivity contribution is 1.19. The van der Waals surface area contributed by atoms with Crippen LogP contribution in [0.4, 0.5) is 29.0 Å². The van der Waals surface area contributed by atoms with Crippen LogP contribution in [0.1, 0.15) is 5.56 Å². The average molecular weight is 479 g/mol.